The highest BCUT2D eigenvalue weighted by molar-refractivity contribution is 5.85. The number of carbonyl (C=O) groups excluding carboxylic acids is 1. The number of aliphatic hydroxyl groups excluding tert-OH is 1. The van der Waals surface area contributed by atoms with E-state index in [0.29, 0.717) is 34.4 Å². The van der Waals surface area contributed by atoms with E-state index in [1.54, 1.807) is 5.57 Å². The van der Waals surface area contributed by atoms with Gasteiger partial charge in [-0.25, -0.2) is 0 Å². The van der Waals surface area contributed by atoms with Crippen LogP contribution in [0.4, 0.5) is 0 Å². The average Bonchev–Trinajstić information content (AvgIpc) is 2.86. The van der Waals surface area contributed by atoms with Crippen molar-refractivity contribution in [3.05, 3.63) is 11.6 Å². The second-order valence-corrected chi connectivity index (χ2v) is 14.7. The van der Waals surface area contributed by atoms with Crippen LogP contribution in [-0.2, 0) is 4.79 Å². The largest absolute Gasteiger partial charge is 0.393 e. The van der Waals surface area contributed by atoms with Gasteiger partial charge in [0, 0.05) is 11.8 Å². The summed E-state index contributed by atoms with van der Waals surface area (Å²) in [5, 5.41) is 10.9. The molecule has 4 saturated carbocycles. The zero-order chi connectivity index (χ0) is 23.3. The molecular formula is C30H48O2. The highest BCUT2D eigenvalue weighted by Crippen LogP contribution is 2.70. The van der Waals surface area contributed by atoms with Crippen molar-refractivity contribution in [2.45, 2.75) is 119 Å². The van der Waals surface area contributed by atoms with Gasteiger partial charge in [-0.05, 0) is 103 Å². The number of Topliss-reactive ketones (excluding diaryl/α,β-unsaturated/α-hetero) is 1. The first kappa shape index (κ1) is 23.1. The van der Waals surface area contributed by atoms with Crippen molar-refractivity contribution < 1.29 is 9.90 Å². The third kappa shape index (κ3) is 2.89. The van der Waals surface area contributed by atoms with Crippen molar-refractivity contribution in [2.24, 2.45) is 50.7 Å². The zero-order valence-electron chi connectivity index (χ0n) is 21.9. The maximum atomic E-state index is 12.8. The fourth-order valence-electron chi connectivity index (χ4n) is 10.8. The molecule has 0 spiro atoms. The molecule has 4 fully saturated rings. The van der Waals surface area contributed by atoms with Crippen LogP contribution < -0.4 is 0 Å². The highest BCUT2D eigenvalue weighted by Gasteiger charge is 2.63. The summed E-state index contributed by atoms with van der Waals surface area (Å²) in [7, 11) is 0. The van der Waals surface area contributed by atoms with E-state index < -0.39 is 0 Å². The first-order valence-corrected chi connectivity index (χ1v) is 13.7. The summed E-state index contributed by atoms with van der Waals surface area (Å²) in [5.41, 5.74) is 2.58. The van der Waals surface area contributed by atoms with Crippen LogP contribution in [-0.4, -0.2) is 17.0 Å². The van der Waals surface area contributed by atoms with E-state index >= 15 is 0 Å². The normalized spacial score (nSPS) is 51.9. The number of rotatable bonds is 0. The summed E-state index contributed by atoms with van der Waals surface area (Å²) in [5.74, 6) is 3.00. The lowest BCUT2D eigenvalue weighted by Crippen LogP contribution is -2.58. The van der Waals surface area contributed by atoms with Gasteiger partial charge in [0.15, 0.2) is 0 Å². The standard InChI is InChI=1S/C30H48O2/c1-26(2)21-10-8-19-18-28(5)15-12-22-27(3,4)25(32)14-17-30(22,7)23(28)11-9-20(19)29(21,6)16-13-24(26)31/h8,20-23,25,32H,9-18H2,1-7H3/t20-,21+,22+,23-,25+,28-,29+,30-/m0/s1. The summed E-state index contributed by atoms with van der Waals surface area (Å²) in [6.45, 7) is 16.9. The lowest BCUT2D eigenvalue weighted by Gasteiger charge is -2.63. The van der Waals surface area contributed by atoms with Gasteiger partial charge in [-0.1, -0.05) is 60.1 Å². The van der Waals surface area contributed by atoms with Gasteiger partial charge in [0.05, 0.1) is 6.10 Å². The zero-order valence-corrected chi connectivity index (χ0v) is 21.9. The van der Waals surface area contributed by atoms with Crippen LogP contribution in [0.5, 0.6) is 0 Å². The number of hydrogen-bond donors (Lipinski definition) is 1. The predicted molar refractivity (Wildman–Crippen MR) is 131 cm³/mol. The molecule has 5 aliphatic rings. The minimum absolute atomic E-state index is 0.0253. The molecular weight excluding hydrogens is 392 g/mol. The Hall–Kier alpha value is -0.630. The van der Waals surface area contributed by atoms with Crippen molar-refractivity contribution in [1.29, 1.82) is 0 Å². The third-order valence-corrected chi connectivity index (χ3v) is 12.6. The van der Waals surface area contributed by atoms with Gasteiger partial charge in [-0.15, -0.1) is 0 Å². The minimum Gasteiger partial charge on any atom is -0.393 e. The molecule has 0 aromatic heterocycles. The van der Waals surface area contributed by atoms with Gasteiger partial charge >= 0.3 is 0 Å². The van der Waals surface area contributed by atoms with E-state index in [1.165, 1.54) is 38.5 Å². The van der Waals surface area contributed by atoms with E-state index in [4.69, 9.17) is 0 Å². The van der Waals surface area contributed by atoms with Gasteiger partial charge in [0.25, 0.3) is 0 Å². The van der Waals surface area contributed by atoms with Crippen molar-refractivity contribution in [1.82, 2.24) is 0 Å². The van der Waals surface area contributed by atoms with Gasteiger partial charge < -0.3 is 5.11 Å². The number of ketones is 1. The minimum atomic E-state index is -0.182. The molecule has 0 saturated heterocycles. The fraction of sp³-hybridized carbons (Fsp3) is 0.900. The summed E-state index contributed by atoms with van der Waals surface area (Å²) >= 11 is 0. The average molecular weight is 441 g/mol. The molecule has 5 rings (SSSR count). The van der Waals surface area contributed by atoms with Gasteiger partial charge in [0.2, 0.25) is 0 Å². The molecule has 0 amide bonds. The molecule has 2 nitrogen and oxygen atoms in total. The lowest BCUT2D eigenvalue weighted by molar-refractivity contribution is -0.170. The molecule has 180 valence electrons. The van der Waals surface area contributed by atoms with Crippen molar-refractivity contribution in [2.75, 3.05) is 0 Å². The van der Waals surface area contributed by atoms with Crippen LogP contribution in [0.25, 0.3) is 0 Å². The van der Waals surface area contributed by atoms with Gasteiger partial charge in [0.1, 0.15) is 5.78 Å². The molecule has 0 aliphatic heterocycles. The SMILES string of the molecule is CC1(C)C(=O)CC[C@@]2(C)[C@@H]1CC=C1C[C@]3(C)CC[C@@H]4C(C)(C)[C@H](O)CC[C@]4(C)[C@H]3CC[C@@H]12. The Labute approximate surface area is 197 Å². The third-order valence-electron chi connectivity index (χ3n) is 12.6. The summed E-state index contributed by atoms with van der Waals surface area (Å²) in [4.78, 5) is 12.8. The first-order chi connectivity index (χ1) is 14.8. The number of fused-ring (bicyclic) bond motifs is 6. The second kappa shape index (κ2) is 6.96. The fourth-order valence-corrected chi connectivity index (χ4v) is 10.8. The maximum Gasteiger partial charge on any atom is 0.138 e. The Bertz CT molecular complexity index is 836. The molecule has 0 radical (unpaired) electrons. The second-order valence-electron chi connectivity index (χ2n) is 14.7. The van der Waals surface area contributed by atoms with Crippen molar-refractivity contribution in [3.8, 4) is 0 Å². The highest BCUT2D eigenvalue weighted by atomic mass is 16.3. The lowest BCUT2D eigenvalue weighted by atomic mass is 9.42. The monoisotopic (exact) mass is 440 g/mol. The Morgan fingerprint density at radius 3 is 2.25 bits per heavy atom. The van der Waals surface area contributed by atoms with Crippen LogP contribution in [0.2, 0.25) is 0 Å². The molecule has 8 atom stereocenters. The van der Waals surface area contributed by atoms with E-state index in [1.807, 2.05) is 0 Å². The Kier molecular flexibility index (Phi) is 5.03. The molecule has 0 heterocycles. The maximum absolute atomic E-state index is 12.8. The van der Waals surface area contributed by atoms with Crippen LogP contribution in [0, 0.1) is 50.7 Å². The Balaban J connectivity index is 1.51. The smallest absolute Gasteiger partial charge is 0.138 e. The molecule has 32 heavy (non-hydrogen) atoms. The van der Waals surface area contributed by atoms with Gasteiger partial charge in [-0.3, -0.25) is 4.79 Å². The van der Waals surface area contributed by atoms with E-state index in [2.05, 4.69) is 54.5 Å². The summed E-state index contributed by atoms with van der Waals surface area (Å²) < 4.78 is 0. The molecule has 0 unspecified atom stereocenters. The van der Waals surface area contributed by atoms with Crippen LogP contribution in [0.1, 0.15) is 113 Å². The first-order valence-electron chi connectivity index (χ1n) is 13.7. The van der Waals surface area contributed by atoms with Gasteiger partial charge in [-0.2, -0.15) is 0 Å². The Morgan fingerprint density at radius 1 is 0.812 bits per heavy atom. The number of carbonyl (C=O) groups is 1. The van der Waals surface area contributed by atoms with Crippen LogP contribution in [0.15, 0.2) is 11.6 Å². The summed E-state index contributed by atoms with van der Waals surface area (Å²) in [6.07, 6.45) is 14.0. The van der Waals surface area contributed by atoms with Crippen LogP contribution >= 0.6 is 0 Å². The topological polar surface area (TPSA) is 37.3 Å². The van der Waals surface area contributed by atoms with Crippen molar-refractivity contribution in [3.63, 3.8) is 0 Å². The van der Waals surface area contributed by atoms with E-state index in [-0.39, 0.29) is 22.3 Å². The van der Waals surface area contributed by atoms with Crippen LogP contribution in [0.3, 0.4) is 0 Å². The molecule has 0 aromatic carbocycles. The predicted octanol–water partition coefficient (Wildman–Crippen LogP) is 7.35. The molecule has 5 aliphatic carbocycles. The quantitative estimate of drug-likeness (QED) is 0.400. The van der Waals surface area contributed by atoms with E-state index in [9.17, 15) is 9.90 Å². The van der Waals surface area contributed by atoms with E-state index in [0.717, 1.165) is 31.6 Å². The number of hydrogen-bond acceptors (Lipinski definition) is 2. The molecule has 1 N–H and O–H groups in total. The number of aliphatic hydroxyl groups is 1. The Morgan fingerprint density at radius 2 is 1.53 bits per heavy atom. The number of allylic oxidation sites excluding steroid dienone is 2. The van der Waals surface area contributed by atoms with Crippen molar-refractivity contribution >= 4 is 5.78 Å². The molecule has 0 aromatic rings. The summed E-state index contributed by atoms with van der Waals surface area (Å²) in [6, 6.07) is 0. The molecule has 0 bridgehead atoms. The molecule has 2 heteroatoms.